The molecule has 3 aromatic heterocycles. The van der Waals surface area contributed by atoms with Gasteiger partial charge in [-0.1, -0.05) is 29.3 Å². The van der Waals surface area contributed by atoms with E-state index in [0.717, 1.165) is 9.86 Å². The number of aromatic nitrogens is 5. The van der Waals surface area contributed by atoms with E-state index in [1.54, 1.807) is 35.1 Å². The van der Waals surface area contributed by atoms with Crippen LogP contribution >= 0.6 is 39.1 Å². The quantitative estimate of drug-likeness (QED) is 0.283. The minimum absolute atomic E-state index is 0.251. The SMILES string of the molecule is CC(C)(C)OCNc1cc(Nc2ncc(Br)c3nn(-c4c(Cl)cccc4Cl)cc23)ncn1. The number of pyridine rings is 1. The average Bonchev–Trinajstić information content (AvgIpc) is 3.15. The molecule has 0 fully saturated rings. The van der Waals surface area contributed by atoms with E-state index < -0.39 is 0 Å². The summed E-state index contributed by atoms with van der Waals surface area (Å²) in [6.45, 7) is 6.29. The summed E-state index contributed by atoms with van der Waals surface area (Å²) in [4.78, 5) is 13.0. The second-order valence-corrected chi connectivity index (χ2v) is 9.52. The number of fused-ring (bicyclic) bond motifs is 1. The van der Waals surface area contributed by atoms with E-state index in [1.807, 2.05) is 27.0 Å². The van der Waals surface area contributed by atoms with E-state index in [2.05, 4.69) is 46.6 Å². The lowest BCUT2D eigenvalue weighted by Gasteiger charge is -2.19. The van der Waals surface area contributed by atoms with Crippen LogP contribution in [0.2, 0.25) is 10.0 Å². The molecule has 0 unspecified atom stereocenters. The molecule has 8 nitrogen and oxygen atoms in total. The number of para-hydroxylation sites is 1. The zero-order valence-electron chi connectivity index (χ0n) is 17.5. The summed E-state index contributed by atoms with van der Waals surface area (Å²) < 4.78 is 8.07. The standard InChI is InChI=1S/C21H20BrCl2N7O/c1-21(2,3)32-11-28-16-7-17(27-10-26-16)29-20-12-9-31(30-18(12)13(22)8-25-20)19-14(23)5-4-6-15(19)24/h4-10H,11H2,1-3H3,(H2,25,26,27,28,29). The summed E-state index contributed by atoms with van der Waals surface area (Å²) in [7, 11) is 0. The third kappa shape index (κ3) is 5.12. The molecular weight excluding hydrogens is 517 g/mol. The monoisotopic (exact) mass is 535 g/mol. The first-order valence-electron chi connectivity index (χ1n) is 9.66. The van der Waals surface area contributed by atoms with Crippen LogP contribution in [0.1, 0.15) is 20.8 Å². The Morgan fingerprint density at radius 3 is 2.53 bits per heavy atom. The summed E-state index contributed by atoms with van der Waals surface area (Å²) >= 11 is 16.2. The van der Waals surface area contributed by atoms with Crippen LogP contribution in [0.5, 0.6) is 0 Å². The molecule has 0 aliphatic heterocycles. The van der Waals surface area contributed by atoms with Gasteiger partial charge in [0, 0.05) is 18.5 Å². The summed E-state index contributed by atoms with van der Waals surface area (Å²) in [5.41, 5.74) is 1.04. The molecule has 0 aliphatic carbocycles. The molecule has 0 atom stereocenters. The first-order valence-corrected chi connectivity index (χ1v) is 11.2. The van der Waals surface area contributed by atoms with Crippen LogP contribution in [0.25, 0.3) is 16.6 Å². The minimum atomic E-state index is -0.251. The van der Waals surface area contributed by atoms with E-state index in [0.29, 0.717) is 45.4 Å². The molecule has 4 rings (SSSR count). The Bertz CT molecular complexity index is 1250. The van der Waals surface area contributed by atoms with E-state index >= 15 is 0 Å². The molecule has 2 N–H and O–H groups in total. The number of hydrogen-bond acceptors (Lipinski definition) is 7. The first kappa shape index (κ1) is 22.7. The Morgan fingerprint density at radius 2 is 1.81 bits per heavy atom. The summed E-state index contributed by atoms with van der Waals surface area (Å²) in [6, 6.07) is 7.09. The van der Waals surface area contributed by atoms with E-state index in [-0.39, 0.29) is 5.60 Å². The zero-order valence-corrected chi connectivity index (χ0v) is 20.6. The Kier molecular flexibility index (Phi) is 6.52. The van der Waals surface area contributed by atoms with E-state index in [4.69, 9.17) is 27.9 Å². The summed E-state index contributed by atoms with van der Waals surface area (Å²) in [6.07, 6.45) is 4.96. The van der Waals surface area contributed by atoms with Crippen molar-refractivity contribution >= 4 is 67.5 Å². The third-order valence-electron chi connectivity index (χ3n) is 4.34. The number of rotatable bonds is 6. The van der Waals surface area contributed by atoms with Crippen molar-refractivity contribution in [1.29, 1.82) is 0 Å². The van der Waals surface area contributed by atoms with Gasteiger partial charge in [-0.05, 0) is 48.8 Å². The highest BCUT2D eigenvalue weighted by Gasteiger charge is 2.16. The molecule has 0 aliphatic rings. The zero-order chi connectivity index (χ0) is 22.9. The van der Waals surface area contributed by atoms with Crippen molar-refractivity contribution in [3.05, 3.63) is 57.5 Å². The number of ether oxygens (including phenoxy) is 1. The van der Waals surface area contributed by atoms with Gasteiger partial charge in [0.1, 0.15) is 41.7 Å². The normalized spacial score (nSPS) is 11.7. The maximum atomic E-state index is 6.37. The highest BCUT2D eigenvalue weighted by molar-refractivity contribution is 9.10. The number of hydrogen-bond donors (Lipinski definition) is 2. The van der Waals surface area contributed by atoms with Crippen molar-refractivity contribution in [3.63, 3.8) is 0 Å². The highest BCUT2D eigenvalue weighted by atomic mass is 79.9. The molecule has 0 saturated carbocycles. The number of nitrogens with one attached hydrogen (secondary N) is 2. The fourth-order valence-corrected chi connectivity index (χ4v) is 3.83. The molecule has 0 bridgehead atoms. The summed E-state index contributed by atoms with van der Waals surface area (Å²) in [5.74, 6) is 1.77. The van der Waals surface area contributed by atoms with Gasteiger partial charge in [-0.2, -0.15) is 5.10 Å². The average molecular weight is 537 g/mol. The fourth-order valence-electron chi connectivity index (χ4n) is 2.87. The van der Waals surface area contributed by atoms with Gasteiger partial charge >= 0.3 is 0 Å². The lowest BCUT2D eigenvalue weighted by Crippen LogP contribution is -2.23. The van der Waals surface area contributed by atoms with Gasteiger partial charge in [-0.15, -0.1) is 0 Å². The van der Waals surface area contributed by atoms with Crippen LogP contribution in [-0.2, 0) is 4.74 Å². The highest BCUT2D eigenvalue weighted by Crippen LogP contribution is 2.33. The van der Waals surface area contributed by atoms with Crippen LogP contribution in [0.4, 0.5) is 17.5 Å². The molecule has 0 spiro atoms. The molecule has 166 valence electrons. The van der Waals surface area contributed by atoms with Gasteiger partial charge < -0.3 is 15.4 Å². The van der Waals surface area contributed by atoms with Crippen molar-refractivity contribution in [2.45, 2.75) is 26.4 Å². The van der Waals surface area contributed by atoms with Crippen LogP contribution in [-0.4, -0.2) is 37.1 Å². The molecular formula is C21H20BrCl2N7O. The van der Waals surface area contributed by atoms with Crippen LogP contribution in [0.3, 0.4) is 0 Å². The van der Waals surface area contributed by atoms with E-state index in [1.165, 1.54) is 6.33 Å². The fraction of sp³-hybridized carbons (Fsp3) is 0.238. The largest absolute Gasteiger partial charge is 0.356 e. The predicted octanol–water partition coefficient (Wildman–Crippen LogP) is 6.21. The van der Waals surface area contributed by atoms with Gasteiger partial charge in [-0.3, -0.25) is 0 Å². The Labute approximate surface area is 203 Å². The first-order chi connectivity index (χ1) is 15.2. The Balaban J connectivity index is 1.64. The van der Waals surface area contributed by atoms with Gasteiger partial charge in [0.05, 0.1) is 25.5 Å². The van der Waals surface area contributed by atoms with Crippen molar-refractivity contribution in [3.8, 4) is 5.69 Å². The van der Waals surface area contributed by atoms with Gasteiger partial charge in [0.15, 0.2) is 0 Å². The Morgan fingerprint density at radius 1 is 1.09 bits per heavy atom. The van der Waals surface area contributed by atoms with Crippen LogP contribution in [0, 0.1) is 0 Å². The lowest BCUT2D eigenvalue weighted by molar-refractivity contribution is 0.00834. The van der Waals surface area contributed by atoms with Crippen LogP contribution < -0.4 is 10.6 Å². The van der Waals surface area contributed by atoms with Crippen molar-refractivity contribution in [2.24, 2.45) is 0 Å². The molecule has 11 heteroatoms. The summed E-state index contributed by atoms with van der Waals surface area (Å²) in [5, 5.41) is 12.8. The second kappa shape index (κ2) is 9.19. The number of nitrogens with zero attached hydrogens (tertiary/aromatic N) is 5. The predicted molar refractivity (Wildman–Crippen MR) is 131 cm³/mol. The molecule has 3 heterocycles. The molecule has 0 saturated heterocycles. The second-order valence-electron chi connectivity index (χ2n) is 7.85. The molecule has 32 heavy (non-hydrogen) atoms. The van der Waals surface area contributed by atoms with Gasteiger partial charge in [-0.25, -0.2) is 19.6 Å². The van der Waals surface area contributed by atoms with Gasteiger partial charge in [0.2, 0.25) is 0 Å². The maximum absolute atomic E-state index is 6.37. The third-order valence-corrected chi connectivity index (χ3v) is 5.53. The molecule has 0 amide bonds. The molecule has 1 aromatic carbocycles. The van der Waals surface area contributed by atoms with Crippen LogP contribution in [0.15, 0.2) is 47.5 Å². The maximum Gasteiger partial charge on any atom is 0.142 e. The van der Waals surface area contributed by atoms with Crippen molar-refractivity contribution in [1.82, 2.24) is 24.7 Å². The number of anilines is 3. The van der Waals surface area contributed by atoms with Crippen molar-refractivity contribution in [2.75, 3.05) is 17.4 Å². The van der Waals surface area contributed by atoms with Gasteiger partial charge in [0.25, 0.3) is 0 Å². The van der Waals surface area contributed by atoms with E-state index in [9.17, 15) is 0 Å². The molecule has 4 aromatic rings. The number of halogens is 3. The smallest absolute Gasteiger partial charge is 0.142 e. The lowest BCUT2D eigenvalue weighted by atomic mass is 10.2. The minimum Gasteiger partial charge on any atom is -0.356 e. The Hall–Kier alpha value is -2.46. The van der Waals surface area contributed by atoms with Crippen molar-refractivity contribution < 1.29 is 4.74 Å². The molecule has 0 radical (unpaired) electrons. The number of benzene rings is 1. The topological polar surface area (TPSA) is 89.8 Å².